The second-order valence-electron chi connectivity index (χ2n) is 8.81. The molecule has 1 aromatic heterocycles. The quantitative estimate of drug-likeness (QED) is 0.782. The molecule has 0 radical (unpaired) electrons. The fourth-order valence-corrected chi connectivity index (χ4v) is 4.96. The van der Waals surface area contributed by atoms with E-state index in [0.29, 0.717) is 18.7 Å². The minimum Gasteiger partial charge on any atom is -0.387 e. The van der Waals surface area contributed by atoms with Crippen LogP contribution in [0.5, 0.6) is 0 Å². The van der Waals surface area contributed by atoms with Gasteiger partial charge in [0.25, 0.3) is 5.91 Å². The zero-order valence-corrected chi connectivity index (χ0v) is 17.0. The minimum atomic E-state index is -0.302. The highest BCUT2D eigenvalue weighted by Gasteiger charge is 2.45. The molecular formula is C22H32N4O2. The van der Waals surface area contributed by atoms with Crippen LogP contribution in [0.2, 0.25) is 0 Å². The van der Waals surface area contributed by atoms with Gasteiger partial charge in [-0.05, 0) is 50.3 Å². The molecule has 2 aliphatic heterocycles. The van der Waals surface area contributed by atoms with E-state index in [4.69, 9.17) is 4.84 Å². The van der Waals surface area contributed by atoms with E-state index < -0.39 is 0 Å². The molecule has 4 rings (SSSR count). The van der Waals surface area contributed by atoms with Crippen LogP contribution < -0.4 is 0 Å². The second kappa shape index (κ2) is 8.60. The predicted molar refractivity (Wildman–Crippen MR) is 109 cm³/mol. The van der Waals surface area contributed by atoms with Crippen molar-refractivity contribution in [3.8, 4) is 0 Å². The maximum atomic E-state index is 12.8. The van der Waals surface area contributed by atoms with Crippen LogP contribution in [-0.2, 0) is 16.2 Å². The van der Waals surface area contributed by atoms with Crippen molar-refractivity contribution in [3.05, 3.63) is 30.1 Å². The minimum absolute atomic E-state index is 0.0491. The summed E-state index contributed by atoms with van der Waals surface area (Å²) in [4.78, 5) is 27.3. The summed E-state index contributed by atoms with van der Waals surface area (Å²) in [7, 11) is 1.81. The van der Waals surface area contributed by atoms with Gasteiger partial charge in [-0.15, -0.1) is 0 Å². The van der Waals surface area contributed by atoms with Crippen LogP contribution in [0.4, 0.5) is 0 Å². The molecule has 1 aromatic rings. The molecule has 1 saturated carbocycles. The predicted octanol–water partition coefficient (Wildman–Crippen LogP) is 3.23. The van der Waals surface area contributed by atoms with E-state index in [9.17, 15) is 4.79 Å². The van der Waals surface area contributed by atoms with Gasteiger partial charge in [0.1, 0.15) is 5.71 Å². The second-order valence-corrected chi connectivity index (χ2v) is 8.81. The van der Waals surface area contributed by atoms with E-state index in [1.165, 1.54) is 38.6 Å². The molecule has 3 heterocycles. The Morgan fingerprint density at radius 2 is 2.14 bits per heavy atom. The van der Waals surface area contributed by atoms with Crippen molar-refractivity contribution in [1.29, 1.82) is 0 Å². The van der Waals surface area contributed by atoms with Gasteiger partial charge in [0.15, 0.2) is 5.60 Å². The molecule has 1 aliphatic carbocycles. The first kappa shape index (κ1) is 19.4. The number of oxime groups is 1. The highest BCUT2D eigenvalue weighted by molar-refractivity contribution is 6.39. The number of hydrogen-bond donors (Lipinski definition) is 0. The Balaban J connectivity index is 1.32. The number of likely N-dealkylation sites (tertiary alicyclic amines) is 1. The maximum Gasteiger partial charge on any atom is 0.271 e. The molecule has 1 unspecified atom stereocenters. The summed E-state index contributed by atoms with van der Waals surface area (Å²) in [6.45, 7) is 3.70. The van der Waals surface area contributed by atoms with Crippen molar-refractivity contribution in [3.63, 3.8) is 0 Å². The van der Waals surface area contributed by atoms with E-state index in [-0.39, 0.29) is 11.5 Å². The number of rotatable bonds is 5. The van der Waals surface area contributed by atoms with Crippen molar-refractivity contribution < 1.29 is 9.63 Å². The molecule has 1 amide bonds. The lowest BCUT2D eigenvalue weighted by Crippen LogP contribution is -2.50. The molecule has 1 atom stereocenters. The smallest absolute Gasteiger partial charge is 0.271 e. The third-order valence-corrected chi connectivity index (χ3v) is 6.42. The molecule has 0 aromatic carbocycles. The Bertz CT molecular complexity index is 702. The van der Waals surface area contributed by atoms with Gasteiger partial charge < -0.3 is 9.74 Å². The summed E-state index contributed by atoms with van der Waals surface area (Å²) >= 11 is 0. The van der Waals surface area contributed by atoms with Gasteiger partial charge in [0.05, 0.1) is 12.2 Å². The monoisotopic (exact) mass is 384 g/mol. The van der Waals surface area contributed by atoms with Gasteiger partial charge in [-0.2, -0.15) is 0 Å². The number of hydrogen-bond acceptors (Lipinski definition) is 5. The van der Waals surface area contributed by atoms with Crippen molar-refractivity contribution in [1.82, 2.24) is 14.8 Å². The Kier molecular flexibility index (Phi) is 5.95. The lowest BCUT2D eigenvalue weighted by Gasteiger charge is -2.40. The van der Waals surface area contributed by atoms with Gasteiger partial charge in [-0.25, -0.2) is 0 Å². The highest BCUT2D eigenvalue weighted by atomic mass is 16.7. The number of pyridine rings is 1. The highest BCUT2D eigenvalue weighted by Crippen LogP contribution is 2.35. The molecule has 3 aliphatic rings. The number of carbonyl (C=O) groups is 1. The molecule has 2 fully saturated rings. The van der Waals surface area contributed by atoms with Gasteiger partial charge in [0, 0.05) is 32.8 Å². The number of carbonyl (C=O) groups excluding carboxylic acids is 1. The van der Waals surface area contributed by atoms with Crippen LogP contribution >= 0.6 is 0 Å². The van der Waals surface area contributed by atoms with Gasteiger partial charge >= 0.3 is 0 Å². The van der Waals surface area contributed by atoms with E-state index in [2.05, 4.69) is 15.0 Å². The molecule has 0 N–H and O–H groups in total. The van der Waals surface area contributed by atoms with Gasteiger partial charge in [-0.1, -0.05) is 30.5 Å². The third-order valence-electron chi connectivity index (χ3n) is 6.42. The Hall–Kier alpha value is -1.95. The summed E-state index contributed by atoms with van der Waals surface area (Å²) in [6.07, 6.45) is 11.4. The van der Waals surface area contributed by atoms with Crippen molar-refractivity contribution in [2.75, 3.05) is 26.7 Å². The van der Waals surface area contributed by atoms with E-state index in [1.807, 2.05) is 18.2 Å². The zero-order chi connectivity index (χ0) is 19.4. The number of amides is 1. The molecule has 28 heavy (non-hydrogen) atoms. The summed E-state index contributed by atoms with van der Waals surface area (Å²) in [6, 6.07) is 5.75. The maximum absolute atomic E-state index is 12.8. The average molecular weight is 385 g/mol. The summed E-state index contributed by atoms with van der Waals surface area (Å²) in [5.74, 6) is 0.781. The van der Waals surface area contributed by atoms with Gasteiger partial charge in [-0.3, -0.25) is 14.7 Å². The molecule has 6 nitrogen and oxygen atoms in total. The summed E-state index contributed by atoms with van der Waals surface area (Å²) in [5.41, 5.74) is 1.13. The molecule has 152 valence electrons. The lowest BCUT2D eigenvalue weighted by molar-refractivity contribution is -0.123. The van der Waals surface area contributed by atoms with Gasteiger partial charge in [0.2, 0.25) is 0 Å². The average Bonchev–Trinajstić information content (AvgIpc) is 3.12. The molecular weight excluding hydrogens is 352 g/mol. The molecule has 1 saturated heterocycles. The first-order valence-corrected chi connectivity index (χ1v) is 10.8. The lowest BCUT2D eigenvalue weighted by atomic mass is 9.85. The number of aromatic nitrogens is 1. The normalized spacial score (nSPS) is 26.1. The van der Waals surface area contributed by atoms with Crippen LogP contribution in [0.25, 0.3) is 0 Å². The van der Waals surface area contributed by atoms with Crippen LogP contribution in [0.1, 0.15) is 57.1 Å². The van der Waals surface area contributed by atoms with E-state index in [1.54, 1.807) is 18.1 Å². The van der Waals surface area contributed by atoms with Crippen LogP contribution in [-0.4, -0.2) is 58.7 Å². The SMILES string of the molecule is CN(Cc1ccccn1)C(=O)C1=NOC2(CCCN(CC3CCCCC3)C2)C1. The first-order valence-electron chi connectivity index (χ1n) is 10.8. The van der Waals surface area contributed by atoms with Crippen molar-refractivity contribution in [2.45, 2.75) is 63.5 Å². The number of piperidine rings is 1. The third kappa shape index (κ3) is 4.54. The fraction of sp³-hybridized carbons (Fsp3) is 0.682. The van der Waals surface area contributed by atoms with Crippen molar-refractivity contribution in [2.24, 2.45) is 11.1 Å². The summed E-state index contributed by atoms with van der Waals surface area (Å²) < 4.78 is 0. The van der Waals surface area contributed by atoms with Crippen LogP contribution in [0, 0.1) is 5.92 Å². The molecule has 6 heteroatoms. The molecule has 1 spiro atoms. The van der Waals surface area contributed by atoms with Crippen molar-refractivity contribution >= 4 is 11.6 Å². The fourth-order valence-electron chi connectivity index (χ4n) is 4.96. The van der Waals surface area contributed by atoms with Crippen LogP contribution in [0.3, 0.4) is 0 Å². The summed E-state index contributed by atoms with van der Waals surface area (Å²) in [5, 5.41) is 4.23. The largest absolute Gasteiger partial charge is 0.387 e. The van der Waals surface area contributed by atoms with Crippen LogP contribution in [0.15, 0.2) is 29.6 Å². The topological polar surface area (TPSA) is 58.0 Å². The first-order chi connectivity index (χ1) is 13.6. The standard InChI is InChI=1S/C22H32N4O2/c1-25(16-19-10-5-6-12-23-19)21(27)20-14-22(28-24-20)11-7-13-26(17-22)15-18-8-3-2-4-9-18/h5-6,10,12,18H,2-4,7-9,11,13-17H2,1H3. The Morgan fingerprint density at radius 1 is 1.29 bits per heavy atom. The Morgan fingerprint density at radius 3 is 2.93 bits per heavy atom. The van der Waals surface area contributed by atoms with E-state index >= 15 is 0 Å². The Labute approximate surface area is 167 Å². The zero-order valence-electron chi connectivity index (χ0n) is 17.0. The van der Waals surface area contributed by atoms with E-state index in [0.717, 1.165) is 37.5 Å². The molecule has 0 bridgehead atoms. The number of nitrogens with zero attached hydrogens (tertiary/aromatic N) is 4.